The number of hydrogen-bond acceptors (Lipinski definition) is 3. The number of amides is 2. The summed E-state index contributed by atoms with van der Waals surface area (Å²) >= 11 is 0. The van der Waals surface area contributed by atoms with E-state index in [2.05, 4.69) is 10.4 Å². The minimum absolute atomic E-state index is 0.0655. The van der Waals surface area contributed by atoms with Gasteiger partial charge in [-0.1, -0.05) is 0 Å². The molecule has 7 nitrogen and oxygen atoms in total. The lowest BCUT2D eigenvalue weighted by molar-refractivity contribution is -0.138. The number of nitrogens with zero attached hydrogens (tertiary/aromatic N) is 3. The number of carboxylic acid groups (broad SMARTS) is 1. The van der Waals surface area contributed by atoms with Gasteiger partial charge in [0.05, 0.1) is 12.7 Å². The number of carbonyl (C=O) groups is 2. The van der Waals surface area contributed by atoms with Gasteiger partial charge in [0, 0.05) is 32.3 Å². The quantitative estimate of drug-likeness (QED) is 0.851. The third-order valence-corrected chi connectivity index (χ3v) is 3.65. The Morgan fingerprint density at radius 1 is 1.52 bits per heavy atom. The lowest BCUT2D eigenvalue weighted by atomic mass is 9.95. The van der Waals surface area contributed by atoms with Crippen molar-refractivity contribution in [2.45, 2.75) is 32.7 Å². The van der Waals surface area contributed by atoms with Crippen LogP contribution in [0.3, 0.4) is 0 Å². The highest BCUT2D eigenvalue weighted by Gasteiger charge is 2.24. The maximum Gasteiger partial charge on any atom is 0.317 e. The first kappa shape index (κ1) is 15.3. The van der Waals surface area contributed by atoms with E-state index in [9.17, 15) is 9.59 Å². The summed E-state index contributed by atoms with van der Waals surface area (Å²) in [7, 11) is 0. The first-order valence-corrected chi connectivity index (χ1v) is 7.28. The molecular formula is C14H22N4O3. The molecule has 2 heterocycles. The van der Waals surface area contributed by atoms with Crippen LogP contribution in [-0.4, -0.2) is 51.4 Å². The fraction of sp³-hybridized carbons (Fsp3) is 0.643. The SMILES string of the molecule is Cc1cnn(CCNC(=O)N2CCCC(CC(=O)O)C2)c1. The highest BCUT2D eigenvalue weighted by molar-refractivity contribution is 5.74. The monoisotopic (exact) mass is 294 g/mol. The lowest BCUT2D eigenvalue weighted by Gasteiger charge is -2.32. The van der Waals surface area contributed by atoms with Crippen molar-refractivity contribution < 1.29 is 14.7 Å². The molecule has 1 aromatic rings. The molecule has 1 aliphatic rings. The molecule has 2 N–H and O–H groups in total. The zero-order chi connectivity index (χ0) is 15.2. The van der Waals surface area contributed by atoms with E-state index in [1.807, 2.05) is 13.1 Å². The fourth-order valence-corrected chi connectivity index (χ4v) is 2.64. The van der Waals surface area contributed by atoms with E-state index in [0.717, 1.165) is 18.4 Å². The third kappa shape index (κ3) is 4.77. The number of urea groups is 1. The van der Waals surface area contributed by atoms with Gasteiger partial charge in [-0.15, -0.1) is 0 Å². The second-order valence-corrected chi connectivity index (χ2v) is 5.56. The number of piperidine rings is 1. The van der Waals surface area contributed by atoms with Crippen LogP contribution in [0, 0.1) is 12.8 Å². The van der Waals surface area contributed by atoms with Crippen LogP contribution in [0.25, 0.3) is 0 Å². The van der Waals surface area contributed by atoms with Crippen molar-refractivity contribution in [3.63, 3.8) is 0 Å². The van der Waals surface area contributed by atoms with E-state index in [1.54, 1.807) is 15.8 Å². The average Bonchev–Trinajstić information content (AvgIpc) is 2.84. The number of likely N-dealkylation sites (tertiary alicyclic amines) is 1. The number of carbonyl (C=O) groups excluding carboxylic acids is 1. The van der Waals surface area contributed by atoms with Crippen molar-refractivity contribution in [3.8, 4) is 0 Å². The molecule has 0 saturated carbocycles. The molecule has 2 rings (SSSR count). The van der Waals surface area contributed by atoms with Crippen LogP contribution in [0.1, 0.15) is 24.8 Å². The summed E-state index contributed by atoms with van der Waals surface area (Å²) < 4.78 is 1.79. The smallest absolute Gasteiger partial charge is 0.317 e. The van der Waals surface area contributed by atoms with E-state index >= 15 is 0 Å². The van der Waals surface area contributed by atoms with Gasteiger partial charge in [0.25, 0.3) is 0 Å². The van der Waals surface area contributed by atoms with Crippen LogP contribution in [0.2, 0.25) is 0 Å². The van der Waals surface area contributed by atoms with Gasteiger partial charge >= 0.3 is 12.0 Å². The summed E-state index contributed by atoms with van der Waals surface area (Å²) in [6, 6.07) is -0.117. The molecule has 1 atom stereocenters. The Morgan fingerprint density at radius 3 is 3.00 bits per heavy atom. The normalized spacial score (nSPS) is 18.5. The number of carboxylic acids is 1. The summed E-state index contributed by atoms with van der Waals surface area (Å²) in [6.45, 7) is 4.34. The Kier molecular flexibility index (Phi) is 5.19. The van der Waals surface area contributed by atoms with Crippen molar-refractivity contribution in [2.24, 2.45) is 5.92 Å². The molecule has 0 radical (unpaired) electrons. The zero-order valence-corrected chi connectivity index (χ0v) is 12.3. The van der Waals surface area contributed by atoms with Crippen molar-refractivity contribution in [3.05, 3.63) is 18.0 Å². The molecule has 0 aromatic carbocycles. The van der Waals surface area contributed by atoms with Gasteiger partial charge < -0.3 is 15.3 Å². The van der Waals surface area contributed by atoms with Crippen LogP contribution in [0.4, 0.5) is 4.79 Å². The maximum absolute atomic E-state index is 12.1. The summed E-state index contributed by atoms with van der Waals surface area (Å²) in [5.74, 6) is -0.730. The van der Waals surface area contributed by atoms with Gasteiger partial charge in [-0.2, -0.15) is 5.10 Å². The maximum atomic E-state index is 12.1. The third-order valence-electron chi connectivity index (χ3n) is 3.65. The van der Waals surface area contributed by atoms with Gasteiger partial charge in [0.2, 0.25) is 0 Å². The molecule has 0 bridgehead atoms. The molecule has 0 spiro atoms. The Labute approximate surface area is 123 Å². The molecule has 1 aliphatic heterocycles. The molecular weight excluding hydrogens is 272 g/mol. The Bertz CT molecular complexity index is 500. The Balaban J connectivity index is 1.73. The minimum Gasteiger partial charge on any atom is -0.481 e. The number of nitrogens with one attached hydrogen (secondary N) is 1. The average molecular weight is 294 g/mol. The van der Waals surface area contributed by atoms with Crippen LogP contribution in [0.15, 0.2) is 12.4 Å². The van der Waals surface area contributed by atoms with E-state index < -0.39 is 5.97 Å². The zero-order valence-electron chi connectivity index (χ0n) is 12.3. The van der Waals surface area contributed by atoms with Crippen LogP contribution in [-0.2, 0) is 11.3 Å². The fourth-order valence-electron chi connectivity index (χ4n) is 2.64. The molecule has 116 valence electrons. The lowest BCUT2D eigenvalue weighted by Crippen LogP contribution is -2.46. The van der Waals surface area contributed by atoms with Crippen LogP contribution >= 0.6 is 0 Å². The van der Waals surface area contributed by atoms with Gasteiger partial charge in [0.15, 0.2) is 0 Å². The van der Waals surface area contributed by atoms with Crippen molar-refractivity contribution in [2.75, 3.05) is 19.6 Å². The standard InChI is InChI=1S/C14H22N4O3/c1-11-8-16-18(9-11)6-4-15-14(21)17-5-2-3-12(10-17)7-13(19)20/h8-9,12H,2-7,10H2,1H3,(H,15,21)(H,19,20). The van der Waals surface area contributed by atoms with Crippen LogP contribution < -0.4 is 5.32 Å². The van der Waals surface area contributed by atoms with Crippen molar-refractivity contribution in [1.29, 1.82) is 0 Å². The second-order valence-electron chi connectivity index (χ2n) is 5.56. The molecule has 1 aromatic heterocycles. The first-order valence-electron chi connectivity index (χ1n) is 7.28. The molecule has 1 saturated heterocycles. The topological polar surface area (TPSA) is 87.5 Å². The molecule has 21 heavy (non-hydrogen) atoms. The number of aryl methyl sites for hydroxylation is 1. The summed E-state index contributed by atoms with van der Waals surface area (Å²) in [6.07, 6.45) is 5.58. The second kappa shape index (κ2) is 7.10. The highest BCUT2D eigenvalue weighted by Crippen LogP contribution is 2.19. The predicted molar refractivity (Wildman–Crippen MR) is 76.9 cm³/mol. The number of hydrogen-bond donors (Lipinski definition) is 2. The number of aromatic nitrogens is 2. The van der Waals surface area contributed by atoms with E-state index in [4.69, 9.17) is 5.11 Å². The molecule has 7 heteroatoms. The van der Waals surface area contributed by atoms with Gasteiger partial charge in [-0.05, 0) is 31.2 Å². The Morgan fingerprint density at radius 2 is 2.33 bits per heavy atom. The minimum atomic E-state index is -0.795. The number of rotatable bonds is 5. The largest absolute Gasteiger partial charge is 0.481 e. The van der Waals surface area contributed by atoms with Gasteiger partial charge in [-0.3, -0.25) is 9.48 Å². The van der Waals surface area contributed by atoms with Crippen molar-refractivity contribution in [1.82, 2.24) is 20.0 Å². The summed E-state index contributed by atoms with van der Waals surface area (Å²) in [5.41, 5.74) is 1.09. The number of aliphatic carboxylic acids is 1. The Hall–Kier alpha value is -2.05. The van der Waals surface area contributed by atoms with Gasteiger partial charge in [-0.25, -0.2) is 4.79 Å². The summed E-state index contributed by atoms with van der Waals surface area (Å²) in [5, 5.41) is 15.9. The molecule has 2 amide bonds. The predicted octanol–water partition coefficient (Wildman–Crippen LogP) is 1.09. The molecule has 1 unspecified atom stereocenters. The summed E-state index contributed by atoms with van der Waals surface area (Å²) in [4.78, 5) is 24.5. The first-order chi connectivity index (χ1) is 10.0. The van der Waals surface area contributed by atoms with E-state index in [0.29, 0.717) is 26.2 Å². The highest BCUT2D eigenvalue weighted by atomic mass is 16.4. The van der Waals surface area contributed by atoms with Gasteiger partial charge in [0.1, 0.15) is 0 Å². The molecule has 0 aliphatic carbocycles. The van der Waals surface area contributed by atoms with E-state index in [-0.39, 0.29) is 18.4 Å². The van der Waals surface area contributed by atoms with Crippen LogP contribution in [0.5, 0.6) is 0 Å². The van der Waals surface area contributed by atoms with E-state index in [1.165, 1.54) is 0 Å². The molecule has 1 fully saturated rings. The van der Waals surface area contributed by atoms with Crippen molar-refractivity contribution >= 4 is 12.0 Å².